The van der Waals surface area contributed by atoms with Gasteiger partial charge < -0.3 is 10.2 Å². The third kappa shape index (κ3) is 4.53. The third-order valence-electron chi connectivity index (χ3n) is 2.12. The average molecular weight is 390 g/mol. The van der Waals surface area contributed by atoms with Gasteiger partial charge in [-0.25, -0.2) is 4.79 Å². The van der Waals surface area contributed by atoms with Crippen LogP contribution in [0.4, 0.5) is 0 Å². The highest BCUT2D eigenvalue weighted by molar-refractivity contribution is 6.61. The Labute approximate surface area is 144 Å². The average Bonchev–Trinajstić information content (AvgIpc) is 2.42. The van der Waals surface area contributed by atoms with E-state index in [1.54, 1.807) is 0 Å². The predicted octanol–water partition coefficient (Wildman–Crippen LogP) is 4.80. The largest absolute Gasteiger partial charge is 0.506 e. The first-order chi connectivity index (χ1) is 9.65. The Morgan fingerprint density at radius 3 is 1.71 bits per heavy atom. The van der Waals surface area contributed by atoms with Crippen molar-refractivity contribution in [2.45, 2.75) is 0 Å². The number of carbonyl (C=O) groups excluding carboxylic acids is 1. The van der Waals surface area contributed by atoms with Gasteiger partial charge in [0.2, 0.25) is 0 Å². The zero-order valence-corrected chi connectivity index (χ0v) is 13.6. The molecule has 0 aliphatic rings. The molecule has 0 saturated heterocycles. The summed E-state index contributed by atoms with van der Waals surface area (Å²) >= 11 is 28.5. The first-order valence-electron chi connectivity index (χ1n) is 5.03. The smallest absolute Gasteiger partial charge is 0.378 e. The predicted molar refractivity (Wildman–Crippen MR) is 83.2 cm³/mol. The second-order valence-corrected chi connectivity index (χ2v) is 5.59. The number of aliphatic carboxylic acids is 1. The van der Waals surface area contributed by atoms with Gasteiger partial charge >= 0.3 is 5.97 Å². The van der Waals surface area contributed by atoms with Crippen molar-refractivity contribution >= 4 is 75.5 Å². The van der Waals surface area contributed by atoms with Gasteiger partial charge in [-0.3, -0.25) is 4.79 Å². The van der Waals surface area contributed by atoms with E-state index in [9.17, 15) is 14.7 Å². The Balaban J connectivity index is 3.37. The molecule has 1 aromatic rings. The Morgan fingerprint density at radius 1 is 0.810 bits per heavy atom. The van der Waals surface area contributed by atoms with Crippen LogP contribution in [0.15, 0.2) is 33.3 Å². The maximum absolute atomic E-state index is 11.2. The molecule has 4 nitrogen and oxygen atoms in total. The van der Waals surface area contributed by atoms with E-state index < -0.39 is 32.6 Å². The summed E-state index contributed by atoms with van der Waals surface area (Å²) in [7, 11) is 0. The van der Waals surface area contributed by atoms with E-state index in [0.717, 1.165) is 0 Å². The van der Waals surface area contributed by atoms with Gasteiger partial charge in [-0.05, 0) is 18.2 Å². The van der Waals surface area contributed by atoms with Gasteiger partial charge in [-0.1, -0.05) is 58.0 Å². The van der Waals surface area contributed by atoms with Crippen LogP contribution in [0.5, 0.6) is 0 Å². The molecule has 0 aliphatic heterocycles. The number of carbonyl (C=O) groups is 2. The zero-order valence-electron chi connectivity index (χ0n) is 9.83. The summed E-state index contributed by atoms with van der Waals surface area (Å²) in [5, 5.41) is 17.0. The minimum Gasteiger partial charge on any atom is -0.506 e. The van der Waals surface area contributed by atoms with Crippen LogP contribution >= 0.6 is 58.0 Å². The second-order valence-electron chi connectivity index (χ2n) is 3.58. The van der Waals surface area contributed by atoms with Crippen LogP contribution in [-0.2, 0) is 9.59 Å². The molecule has 21 heavy (non-hydrogen) atoms. The number of halogens is 5. The normalized spacial score (nSPS) is 13.4. The standard InChI is InChI=1S/C12H5Cl5O4/c13-5-1-4(2-6(14)3-5)10(18)8(16)7(15)9(17)11(19)12(20)21/h1-3,18H,(H,20,21)/b9-7+,10-8+. The number of ketones is 1. The summed E-state index contributed by atoms with van der Waals surface area (Å²) in [6, 6.07) is 4.09. The zero-order chi connectivity index (χ0) is 16.3. The minimum absolute atomic E-state index is 0.114. The molecule has 1 rings (SSSR count). The van der Waals surface area contributed by atoms with Gasteiger partial charge in [-0.2, -0.15) is 0 Å². The lowest BCUT2D eigenvalue weighted by Crippen LogP contribution is -2.13. The molecular weight excluding hydrogens is 385 g/mol. The number of hydrogen-bond acceptors (Lipinski definition) is 3. The topological polar surface area (TPSA) is 74.6 Å². The number of benzene rings is 1. The molecule has 0 atom stereocenters. The van der Waals surface area contributed by atoms with Crippen molar-refractivity contribution in [1.82, 2.24) is 0 Å². The maximum Gasteiger partial charge on any atom is 0.378 e. The first-order valence-corrected chi connectivity index (χ1v) is 6.92. The van der Waals surface area contributed by atoms with Gasteiger partial charge in [0, 0.05) is 15.6 Å². The van der Waals surface area contributed by atoms with E-state index in [1.165, 1.54) is 18.2 Å². The van der Waals surface area contributed by atoms with Crippen LogP contribution in [0, 0.1) is 0 Å². The van der Waals surface area contributed by atoms with E-state index in [1.807, 2.05) is 0 Å². The number of aliphatic hydroxyl groups is 1. The van der Waals surface area contributed by atoms with E-state index in [0.29, 0.717) is 0 Å². The molecule has 0 aromatic heterocycles. The van der Waals surface area contributed by atoms with Crippen LogP contribution in [0.2, 0.25) is 10.0 Å². The van der Waals surface area contributed by atoms with Crippen LogP contribution in [0.3, 0.4) is 0 Å². The molecule has 9 heteroatoms. The summed E-state index contributed by atoms with van der Waals surface area (Å²) in [6.07, 6.45) is 0. The van der Waals surface area contributed by atoms with Gasteiger partial charge in [0.05, 0.1) is 5.03 Å². The van der Waals surface area contributed by atoms with Crippen LogP contribution < -0.4 is 0 Å². The van der Waals surface area contributed by atoms with Gasteiger partial charge in [0.1, 0.15) is 15.8 Å². The summed E-state index contributed by atoms with van der Waals surface area (Å²) in [5.74, 6) is -3.84. The molecule has 0 heterocycles. The van der Waals surface area contributed by atoms with Crippen molar-refractivity contribution in [3.8, 4) is 0 Å². The molecular formula is C12H5Cl5O4. The van der Waals surface area contributed by atoms with E-state index in [4.69, 9.17) is 63.1 Å². The summed E-state index contributed by atoms with van der Waals surface area (Å²) in [5.41, 5.74) is 0.114. The maximum atomic E-state index is 11.2. The van der Waals surface area contributed by atoms with Crippen molar-refractivity contribution in [3.63, 3.8) is 0 Å². The van der Waals surface area contributed by atoms with Gasteiger partial charge in [0.25, 0.3) is 5.78 Å². The lowest BCUT2D eigenvalue weighted by atomic mass is 10.1. The van der Waals surface area contributed by atoms with Crippen molar-refractivity contribution in [2.75, 3.05) is 0 Å². The second kappa shape index (κ2) is 7.38. The molecule has 0 spiro atoms. The molecule has 0 amide bonds. The highest BCUT2D eigenvalue weighted by Crippen LogP contribution is 2.33. The summed E-state index contributed by atoms with van der Waals surface area (Å²) in [4.78, 5) is 21.7. The number of Topliss-reactive ketones (excluding diaryl/α,β-unsaturated/α-hetero) is 1. The molecule has 0 aliphatic carbocycles. The lowest BCUT2D eigenvalue weighted by molar-refractivity contribution is -0.146. The van der Waals surface area contributed by atoms with E-state index in [-0.39, 0.29) is 15.6 Å². The number of rotatable bonds is 4. The highest BCUT2D eigenvalue weighted by Gasteiger charge is 2.22. The Hall–Kier alpha value is -0.910. The van der Waals surface area contributed by atoms with Gasteiger partial charge in [0.15, 0.2) is 0 Å². The Bertz CT molecular complexity index is 658. The van der Waals surface area contributed by atoms with E-state index in [2.05, 4.69) is 0 Å². The molecule has 0 saturated carbocycles. The van der Waals surface area contributed by atoms with E-state index >= 15 is 0 Å². The fourth-order valence-corrected chi connectivity index (χ4v) is 2.34. The molecule has 0 bridgehead atoms. The van der Waals surface area contributed by atoms with Crippen molar-refractivity contribution in [1.29, 1.82) is 0 Å². The third-order valence-corrected chi connectivity index (χ3v) is 3.86. The van der Waals surface area contributed by atoms with Crippen molar-refractivity contribution in [3.05, 3.63) is 48.9 Å². The Morgan fingerprint density at radius 2 is 1.29 bits per heavy atom. The molecule has 0 unspecified atom stereocenters. The van der Waals surface area contributed by atoms with Crippen LogP contribution in [0.1, 0.15) is 5.56 Å². The molecule has 2 N–H and O–H groups in total. The SMILES string of the molecule is O=C(O)C(=O)/C(Cl)=C(Cl)/C(Cl)=C(\O)c1cc(Cl)cc(Cl)c1. The molecule has 112 valence electrons. The van der Waals surface area contributed by atoms with Gasteiger partial charge in [-0.15, -0.1) is 0 Å². The highest BCUT2D eigenvalue weighted by atomic mass is 35.5. The Kier molecular flexibility index (Phi) is 6.38. The summed E-state index contributed by atoms with van der Waals surface area (Å²) < 4.78 is 0. The first kappa shape index (κ1) is 18.1. The number of hydrogen-bond donors (Lipinski definition) is 2. The molecule has 0 radical (unpaired) electrons. The van der Waals surface area contributed by atoms with Crippen molar-refractivity contribution in [2.24, 2.45) is 0 Å². The fourth-order valence-electron chi connectivity index (χ4n) is 1.21. The number of allylic oxidation sites excluding steroid dienone is 2. The number of carboxylic acid groups (broad SMARTS) is 1. The lowest BCUT2D eigenvalue weighted by Gasteiger charge is -2.06. The molecule has 0 fully saturated rings. The van der Waals surface area contributed by atoms with Crippen LogP contribution in [-0.4, -0.2) is 22.0 Å². The number of carboxylic acids is 1. The quantitative estimate of drug-likeness (QED) is 0.335. The minimum atomic E-state index is -1.81. The van der Waals surface area contributed by atoms with Crippen molar-refractivity contribution < 1.29 is 19.8 Å². The number of aliphatic hydroxyl groups excluding tert-OH is 1. The van der Waals surface area contributed by atoms with Crippen LogP contribution in [0.25, 0.3) is 5.76 Å². The molecule has 1 aromatic carbocycles. The summed E-state index contributed by atoms with van der Waals surface area (Å²) in [6.45, 7) is 0. The fraction of sp³-hybridized carbons (Fsp3) is 0. The monoisotopic (exact) mass is 388 g/mol.